The van der Waals surface area contributed by atoms with Crippen LogP contribution in [0.4, 0.5) is 5.69 Å². The van der Waals surface area contributed by atoms with Gasteiger partial charge >= 0.3 is 0 Å². The first-order chi connectivity index (χ1) is 11.7. The molecule has 24 heavy (non-hydrogen) atoms. The normalized spacial score (nSPS) is 14.9. The predicted molar refractivity (Wildman–Crippen MR) is 90.5 cm³/mol. The van der Waals surface area contributed by atoms with Crippen molar-refractivity contribution in [1.29, 1.82) is 5.26 Å². The predicted octanol–water partition coefficient (Wildman–Crippen LogP) is 2.44. The molecule has 0 aromatic heterocycles. The summed E-state index contributed by atoms with van der Waals surface area (Å²) in [6, 6.07) is 18.2. The number of carbonyl (C=O) groups excluding carboxylic acids is 2. The lowest BCUT2D eigenvalue weighted by Gasteiger charge is -2.22. The number of benzene rings is 2. The molecule has 0 N–H and O–H groups in total. The number of anilines is 1. The van der Waals surface area contributed by atoms with E-state index in [-0.39, 0.29) is 11.8 Å². The monoisotopic (exact) mass is 319 g/mol. The molecule has 1 aliphatic heterocycles. The van der Waals surface area contributed by atoms with Crippen LogP contribution in [0.5, 0.6) is 0 Å². The van der Waals surface area contributed by atoms with Gasteiger partial charge in [0.2, 0.25) is 5.91 Å². The number of hydrogen-bond acceptors (Lipinski definition) is 3. The zero-order chi connectivity index (χ0) is 16.9. The van der Waals surface area contributed by atoms with E-state index in [0.29, 0.717) is 37.2 Å². The van der Waals surface area contributed by atoms with Crippen molar-refractivity contribution < 1.29 is 9.59 Å². The molecule has 5 heteroatoms. The van der Waals surface area contributed by atoms with Gasteiger partial charge in [0, 0.05) is 37.3 Å². The average Bonchev–Trinajstić information content (AvgIpc) is 2.83. The van der Waals surface area contributed by atoms with Crippen LogP contribution in [0.2, 0.25) is 0 Å². The van der Waals surface area contributed by atoms with Crippen molar-refractivity contribution in [2.75, 3.05) is 24.5 Å². The second-order valence-corrected chi connectivity index (χ2v) is 5.62. The molecule has 0 spiro atoms. The molecule has 1 aliphatic rings. The standard InChI is InChI=1S/C19H17N3O2/c20-14-15-5-4-6-16(13-15)19(24)21-10-9-18(23)22(12-11-21)17-7-2-1-3-8-17/h1-8,13H,9-12H2. The largest absolute Gasteiger partial charge is 0.336 e. The van der Waals surface area contributed by atoms with Crippen molar-refractivity contribution in [2.45, 2.75) is 6.42 Å². The summed E-state index contributed by atoms with van der Waals surface area (Å²) in [6.07, 6.45) is 0.290. The summed E-state index contributed by atoms with van der Waals surface area (Å²) < 4.78 is 0. The van der Waals surface area contributed by atoms with E-state index in [1.54, 1.807) is 34.1 Å². The molecule has 3 rings (SSSR count). The van der Waals surface area contributed by atoms with Crippen molar-refractivity contribution in [3.63, 3.8) is 0 Å². The topological polar surface area (TPSA) is 64.4 Å². The van der Waals surface area contributed by atoms with Crippen molar-refractivity contribution in [2.24, 2.45) is 0 Å². The minimum Gasteiger partial charge on any atom is -0.336 e. The number of para-hydroxylation sites is 1. The Labute approximate surface area is 140 Å². The van der Waals surface area contributed by atoms with Crippen LogP contribution in [0.3, 0.4) is 0 Å². The third-order valence-corrected chi connectivity index (χ3v) is 4.08. The highest BCUT2D eigenvalue weighted by molar-refractivity contribution is 5.97. The molecule has 0 unspecified atom stereocenters. The maximum atomic E-state index is 12.7. The third kappa shape index (κ3) is 3.28. The van der Waals surface area contributed by atoms with Gasteiger partial charge in [0.05, 0.1) is 11.6 Å². The minimum absolute atomic E-state index is 0.0160. The summed E-state index contributed by atoms with van der Waals surface area (Å²) in [5.41, 5.74) is 1.79. The molecule has 1 fully saturated rings. The van der Waals surface area contributed by atoms with E-state index in [4.69, 9.17) is 5.26 Å². The Morgan fingerprint density at radius 1 is 1.00 bits per heavy atom. The first-order valence-corrected chi connectivity index (χ1v) is 7.84. The molecule has 0 atom stereocenters. The third-order valence-electron chi connectivity index (χ3n) is 4.08. The molecule has 2 aromatic carbocycles. The van der Waals surface area contributed by atoms with E-state index in [0.717, 1.165) is 5.69 Å². The fourth-order valence-corrected chi connectivity index (χ4v) is 2.81. The Morgan fingerprint density at radius 3 is 2.54 bits per heavy atom. The molecular weight excluding hydrogens is 302 g/mol. The SMILES string of the molecule is N#Cc1cccc(C(=O)N2CCC(=O)N(c3ccccc3)CC2)c1. The Bertz CT molecular complexity index is 796. The summed E-state index contributed by atoms with van der Waals surface area (Å²) in [4.78, 5) is 28.4. The second-order valence-electron chi connectivity index (χ2n) is 5.62. The van der Waals surface area contributed by atoms with Gasteiger partial charge in [0.1, 0.15) is 0 Å². The van der Waals surface area contributed by atoms with Gasteiger partial charge in [0.25, 0.3) is 5.91 Å². The number of nitriles is 1. The smallest absolute Gasteiger partial charge is 0.253 e. The van der Waals surface area contributed by atoms with E-state index < -0.39 is 0 Å². The average molecular weight is 319 g/mol. The molecule has 2 amide bonds. The van der Waals surface area contributed by atoms with Gasteiger partial charge < -0.3 is 9.80 Å². The van der Waals surface area contributed by atoms with Crippen molar-refractivity contribution >= 4 is 17.5 Å². The summed E-state index contributed by atoms with van der Waals surface area (Å²) in [6.45, 7) is 1.32. The maximum Gasteiger partial charge on any atom is 0.253 e. The van der Waals surface area contributed by atoms with Crippen molar-refractivity contribution in [3.05, 3.63) is 65.7 Å². The summed E-state index contributed by atoms with van der Waals surface area (Å²) >= 11 is 0. The molecule has 2 aromatic rings. The lowest BCUT2D eigenvalue weighted by Crippen LogP contribution is -2.35. The number of hydrogen-bond donors (Lipinski definition) is 0. The van der Waals surface area contributed by atoms with Crippen LogP contribution in [0.25, 0.3) is 0 Å². The number of amides is 2. The van der Waals surface area contributed by atoms with Crippen LogP contribution in [0.1, 0.15) is 22.3 Å². The summed E-state index contributed by atoms with van der Waals surface area (Å²) in [7, 11) is 0. The van der Waals surface area contributed by atoms with Gasteiger partial charge in [-0.3, -0.25) is 9.59 Å². The molecule has 0 aliphatic carbocycles. The highest BCUT2D eigenvalue weighted by atomic mass is 16.2. The first-order valence-electron chi connectivity index (χ1n) is 7.84. The molecule has 1 heterocycles. The second kappa shape index (κ2) is 6.97. The number of rotatable bonds is 2. The summed E-state index contributed by atoms with van der Waals surface area (Å²) in [5.74, 6) is -0.128. The van der Waals surface area contributed by atoms with Gasteiger partial charge in [-0.2, -0.15) is 5.26 Å². The van der Waals surface area contributed by atoms with Crippen molar-refractivity contribution in [1.82, 2.24) is 4.90 Å². The lowest BCUT2D eigenvalue weighted by atomic mass is 10.1. The quantitative estimate of drug-likeness (QED) is 0.854. The Kier molecular flexibility index (Phi) is 4.57. The van der Waals surface area contributed by atoms with Gasteiger partial charge in [-0.15, -0.1) is 0 Å². The lowest BCUT2D eigenvalue weighted by molar-refractivity contribution is -0.118. The number of nitrogens with zero attached hydrogens (tertiary/aromatic N) is 3. The molecular formula is C19H17N3O2. The highest BCUT2D eigenvalue weighted by Crippen LogP contribution is 2.18. The van der Waals surface area contributed by atoms with Gasteiger partial charge in [0.15, 0.2) is 0 Å². The van der Waals surface area contributed by atoms with Crippen LogP contribution in [-0.2, 0) is 4.79 Å². The molecule has 120 valence electrons. The summed E-state index contributed by atoms with van der Waals surface area (Å²) in [5, 5.41) is 8.97. The van der Waals surface area contributed by atoms with E-state index in [1.165, 1.54) is 0 Å². The van der Waals surface area contributed by atoms with E-state index >= 15 is 0 Å². The Morgan fingerprint density at radius 2 is 1.79 bits per heavy atom. The Balaban J connectivity index is 1.76. The highest BCUT2D eigenvalue weighted by Gasteiger charge is 2.25. The Hall–Kier alpha value is -3.13. The van der Waals surface area contributed by atoms with Gasteiger partial charge in [-0.05, 0) is 30.3 Å². The zero-order valence-corrected chi connectivity index (χ0v) is 13.2. The molecule has 0 bridgehead atoms. The molecule has 5 nitrogen and oxygen atoms in total. The van der Waals surface area contributed by atoms with Gasteiger partial charge in [-0.25, -0.2) is 0 Å². The van der Waals surface area contributed by atoms with Gasteiger partial charge in [-0.1, -0.05) is 24.3 Å². The fraction of sp³-hybridized carbons (Fsp3) is 0.211. The maximum absolute atomic E-state index is 12.7. The fourth-order valence-electron chi connectivity index (χ4n) is 2.81. The molecule has 0 radical (unpaired) electrons. The van der Waals surface area contributed by atoms with Crippen LogP contribution in [-0.4, -0.2) is 36.3 Å². The van der Waals surface area contributed by atoms with Crippen LogP contribution in [0, 0.1) is 11.3 Å². The molecule has 0 saturated carbocycles. The van der Waals surface area contributed by atoms with Crippen LogP contribution < -0.4 is 4.90 Å². The van der Waals surface area contributed by atoms with E-state index in [1.807, 2.05) is 36.4 Å². The first kappa shape index (κ1) is 15.8. The van der Waals surface area contributed by atoms with Crippen LogP contribution >= 0.6 is 0 Å². The van der Waals surface area contributed by atoms with E-state index in [2.05, 4.69) is 0 Å². The molecule has 1 saturated heterocycles. The van der Waals surface area contributed by atoms with Crippen molar-refractivity contribution in [3.8, 4) is 6.07 Å². The zero-order valence-electron chi connectivity index (χ0n) is 13.2. The van der Waals surface area contributed by atoms with E-state index in [9.17, 15) is 9.59 Å². The van der Waals surface area contributed by atoms with Crippen LogP contribution in [0.15, 0.2) is 54.6 Å². The number of carbonyl (C=O) groups is 2. The minimum atomic E-state index is -0.144.